The van der Waals surface area contributed by atoms with Crippen molar-refractivity contribution in [1.29, 1.82) is 0 Å². The van der Waals surface area contributed by atoms with E-state index in [9.17, 15) is 9.90 Å². The van der Waals surface area contributed by atoms with Crippen LogP contribution in [0.15, 0.2) is 0 Å². The number of likely N-dealkylation sites (tertiary alicyclic amines) is 1. The molecule has 1 saturated heterocycles. The van der Waals surface area contributed by atoms with Crippen LogP contribution in [0.4, 0.5) is 0 Å². The lowest BCUT2D eigenvalue weighted by Gasteiger charge is -2.29. The van der Waals surface area contributed by atoms with Crippen molar-refractivity contribution in [2.45, 2.75) is 63.2 Å². The van der Waals surface area contributed by atoms with Crippen molar-refractivity contribution in [3.05, 3.63) is 0 Å². The molecule has 1 fully saturated rings. The van der Waals surface area contributed by atoms with Crippen LogP contribution < -0.4 is 5.73 Å². The lowest BCUT2D eigenvalue weighted by Crippen LogP contribution is -2.48. The second-order valence-electron chi connectivity index (χ2n) is 5.71. The van der Waals surface area contributed by atoms with E-state index in [-0.39, 0.29) is 0 Å². The van der Waals surface area contributed by atoms with Crippen LogP contribution in [0.5, 0.6) is 0 Å². The molecule has 3 N–H and O–H groups in total. The average molecular weight is 266 g/mol. The molecular weight excluding hydrogens is 239 g/mol. The normalized spacial score (nSPS) is 20.1. The minimum Gasteiger partial charge on any atom is -0.480 e. The zero-order valence-corrected chi connectivity index (χ0v) is 11.9. The van der Waals surface area contributed by atoms with Crippen LogP contribution in [0.25, 0.3) is 0 Å². The van der Waals surface area contributed by atoms with Crippen molar-refractivity contribution < 1.29 is 9.90 Å². The smallest absolute Gasteiger partial charge is 0.323 e. The molecule has 2 radical (unpaired) electrons. The van der Waals surface area contributed by atoms with Gasteiger partial charge in [-0.15, -0.1) is 0 Å². The molecule has 0 aromatic heterocycles. The van der Waals surface area contributed by atoms with Crippen molar-refractivity contribution >= 4 is 13.8 Å². The fraction of sp³-hybridized carbons (Fsp3) is 0.929. The summed E-state index contributed by atoms with van der Waals surface area (Å²) in [6.45, 7) is 3.28. The molecule has 19 heavy (non-hydrogen) atoms. The monoisotopic (exact) mass is 266 g/mol. The largest absolute Gasteiger partial charge is 0.480 e. The summed E-state index contributed by atoms with van der Waals surface area (Å²) in [4.78, 5) is 13.8. The summed E-state index contributed by atoms with van der Waals surface area (Å²) in [6.07, 6.45) is 8.05. The molecule has 5 heteroatoms. The van der Waals surface area contributed by atoms with Crippen LogP contribution in [-0.4, -0.2) is 49.0 Å². The van der Waals surface area contributed by atoms with E-state index >= 15 is 0 Å². The van der Waals surface area contributed by atoms with E-state index in [1.807, 2.05) is 0 Å². The third kappa shape index (κ3) is 5.96. The molecule has 0 amide bonds. The van der Waals surface area contributed by atoms with E-state index in [2.05, 4.69) is 4.90 Å². The number of nitrogens with zero attached hydrogens (tertiary/aromatic N) is 1. The van der Waals surface area contributed by atoms with Crippen LogP contribution in [0.2, 0.25) is 6.32 Å². The first-order chi connectivity index (χ1) is 9.08. The Morgan fingerprint density at radius 1 is 1.16 bits per heavy atom. The zero-order chi connectivity index (χ0) is 14.1. The molecule has 1 heterocycles. The van der Waals surface area contributed by atoms with Gasteiger partial charge in [0.25, 0.3) is 0 Å². The second kappa shape index (κ2) is 8.59. The van der Waals surface area contributed by atoms with Crippen LogP contribution in [0.1, 0.15) is 51.4 Å². The number of piperidine rings is 1. The van der Waals surface area contributed by atoms with Crippen LogP contribution >= 0.6 is 0 Å². The van der Waals surface area contributed by atoms with E-state index in [4.69, 9.17) is 13.6 Å². The van der Waals surface area contributed by atoms with E-state index in [1.165, 1.54) is 19.3 Å². The first kappa shape index (κ1) is 16.5. The first-order valence-electron chi connectivity index (χ1n) is 7.53. The van der Waals surface area contributed by atoms with Gasteiger partial charge in [0.1, 0.15) is 5.54 Å². The molecule has 0 aromatic rings. The van der Waals surface area contributed by atoms with Gasteiger partial charge in [0.15, 0.2) is 0 Å². The van der Waals surface area contributed by atoms with Gasteiger partial charge in [-0.05, 0) is 51.7 Å². The third-order valence-electron chi connectivity index (χ3n) is 4.05. The fourth-order valence-electron chi connectivity index (χ4n) is 2.72. The molecule has 4 nitrogen and oxygen atoms in total. The Morgan fingerprint density at radius 2 is 1.79 bits per heavy atom. The van der Waals surface area contributed by atoms with Gasteiger partial charge in [-0.1, -0.05) is 25.6 Å². The topological polar surface area (TPSA) is 66.6 Å². The van der Waals surface area contributed by atoms with Crippen LogP contribution in [-0.2, 0) is 4.79 Å². The summed E-state index contributed by atoms with van der Waals surface area (Å²) < 4.78 is 0. The summed E-state index contributed by atoms with van der Waals surface area (Å²) in [5.74, 6) is -0.872. The maximum Gasteiger partial charge on any atom is 0.323 e. The number of nitrogens with two attached hydrogens (primary N) is 1. The number of rotatable bonds is 9. The summed E-state index contributed by atoms with van der Waals surface area (Å²) in [6, 6.07) is 0. The highest BCUT2D eigenvalue weighted by atomic mass is 16.4. The van der Waals surface area contributed by atoms with Gasteiger partial charge in [0, 0.05) is 0 Å². The lowest BCUT2D eigenvalue weighted by molar-refractivity contribution is -0.144. The summed E-state index contributed by atoms with van der Waals surface area (Å²) in [5, 5.41) is 9.30. The minimum absolute atomic E-state index is 0.527. The highest BCUT2D eigenvalue weighted by molar-refractivity contribution is 6.08. The van der Waals surface area contributed by atoms with E-state index in [0.717, 1.165) is 38.9 Å². The lowest BCUT2D eigenvalue weighted by atomic mass is 9.87. The molecule has 0 aromatic carbocycles. The molecule has 0 saturated carbocycles. The standard InChI is InChI=1S/C14H27BN2O2/c15-9-3-2-7-14(16,13(18)19)8-6-12-17-10-4-1-5-11-17/h1-12,16H2,(H,18,19). The average Bonchev–Trinajstić information content (AvgIpc) is 2.40. The van der Waals surface area contributed by atoms with Gasteiger partial charge in [-0.3, -0.25) is 4.79 Å². The van der Waals surface area contributed by atoms with Crippen molar-refractivity contribution in [3.8, 4) is 0 Å². The van der Waals surface area contributed by atoms with Crippen molar-refractivity contribution in [3.63, 3.8) is 0 Å². The molecule has 1 unspecified atom stereocenters. The molecule has 0 spiro atoms. The zero-order valence-electron chi connectivity index (χ0n) is 11.9. The maximum absolute atomic E-state index is 11.3. The van der Waals surface area contributed by atoms with E-state index < -0.39 is 11.5 Å². The Kier molecular flexibility index (Phi) is 7.46. The van der Waals surface area contributed by atoms with Crippen molar-refractivity contribution in [2.75, 3.05) is 19.6 Å². The molecule has 1 rings (SSSR count). The number of carbonyl (C=O) groups is 1. The highest BCUT2D eigenvalue weighted by Gasteiger charge is 2.32. The van der Waals surface area contributed by atoms with Crippen LogP contribution in [0, 0.1) is 0 Å². The van der Waals surface area contributed by atoms with Gasteiger partial charge in [-0.2, -0.15) is 0 Å². The Bertz CT molecular complexity index is 270. The van der Waals surface area contributed by atoms with Crippen molar-refractivity contribution in [2.24, 2.45) is 5.73 Å². The maximum atomic E-state index is 11.3. The molecular formula is C14H27BN2O2. The van der Waals surface area contributed by atoms with Gasteiger partial charge < -0.3 is 15.7 Å². The second-order valence-corrected chi connectivity index (χ2v) is 5.71. The molecule has 1 aliphatic rings. The van der Waals surface area contributed by atoms with Crippen LogP contribution in [0.3, 0.4) is 0 Å². The van der Waals surface area contributed by atoms with Gasteiger partial charge in [-0.25, -0.2) is 0 Å². The molecule has 0 bridgehead atoms. The molecule has 108 valence electrons. The number of carboxylic acid groups (broad SMARTS) is 1. The van der Waals surface area contributed by atoms with E-state index in [0.29, 0.717) is 19.2 Å². The number of hydrogen-bond acceptors (Lipinski definition) is 3. The summed E-state index contributed by atoms with van der Waals surface area (Å²) in [7, 11) is 5.44. The Hall–Kier alpha value is -0.545. The number of carboxylic acids is 1. The minimum atomic E-state index is -1.06. The van der Waals surface area contributed by atoms with E-state index in [1.54, 1.807) is 0 Å². The van der Waals surface area contributed by atoms with Gasteiger partial charge in [0.2, 0.25) is 0 Å². The number of hydrogen-bond donors (Lipinski definition) is 2. The molecule has 1 atom stereocenters. The SMILES string of the molecule is [B]CCCCC(N)(CCCN1CCCCC1)C(=O)O. The third-order valence-corrected chi connectivity index (χ3v) is 4.05. The van der Waals surface area contributed by atoms with Gasteiger partial charge >= 0.3 is 5.97 Å². The Balaban J connectivity index is 2.29. The summed E-state index contributed by atoms with van der Waals surface area (Å²) >= 11 is 0. The highest BCUT2D eigenvalue weighted by Crippen LogP contribution is 2.20. The predicted molar refractivity (Wildman–Crippen MR) is 78.5 cm³/mol. The first-order valence-corrected chi connectivity index (χ1v) is 7.53. The van der Waals surface area contributed by atoms with Gasteiger partial charge in [0.05, 0.1) is 7.85 Å². The number of aliphatic carboxylic acids is 1. The van der Waals surface area contributed by atoms with Crippen molar-refractivity contribution in [1.82, 2.24) is 4.90 Å². The predicted octanol–water partition coefficient (Wildman–Crippen LogP) is 1.79. The molecule has 1 aliphatic heterocycles. The fourth-order valence-corrected chi connectivity index (χ4v) is 2.72. The quantitative estimate of drug-likeness (QED) is 0.493. The Labute approximate surface area is 118 Å². The Morgan fingerprint density at radius 3 is 2.37 bits per heavy atom. The summed E-state index contributed by atoms with van der Waals surface area (Å²) in [5.41, 5.74) is 4.97. The molecule has 0 aliphatic carbocycles. The number of unbranched alkanes of at least 4 members (excludes halogenated alkanes) is 1.